The lowest BCUT2D eigenvalue weighted by atomic mass is 10.0. The van der Waals surface area contributed by atoms with Crippen LogP contribution in [0.15, 0.2) is 48.5 Å². The van der Waals surface area contributed by atoms with Gasteiger partial charge < -0.3 is 31.1 Å². The summed E-state index contributed by atoms with van der Waals surface area (Å²) >= 11 is 0. The smallest absolute Gasteiger partial charge is 0.319 e. The minimum atomic E-state index is -0.148. The molecule has 0 saturated heterocycles. The van der Waals surface area contributed by atoms with Gasteiger partial charge in [0.25, 0.3) is 0 Å². The first-order valence-corrected chi connectivity index (χ1v) is 24.7. The number of carbonyl (C=O) groups is 2. The summed E-state index contributed by atoms with van der Waals surface area (Å²) in [7, 11) is 0. The molecule has 0 fully saturated rings. The molecule has 0 bridgehead atoms. The van der Waals surface area contributed by atoms with Crippen LogP contribution >= 0.6 is 0 Å². The zero-order chi connectivity index (χ0) is 42.4. The Bertz CT molecular complexity index is 1170. The van der Waals surface area contributed by atoms with E-state index in [1.165, 1.54) is 179 Å². The fourth-order valence-corrected chi connectivity index (χ4v) is 7.79. The van der Waals surface area contributed by atoms with Crippen LogP contribution in [0, 0.1) is 0 Å². The number of benzene rings is 2. The Balaban J connectivity index is 1.68. The van der Waals surface area contributed by atoms with E-state index in [-0.39, 0.29) is 12.1 Å². The molecule has 0 aromatic heterocycles. The van der Waals surface area contributed by atoms with Crippen LogP contribution in [-0.4, -0.2) is 74.2 Å². The van der Waals surface area contributed by atoms with E-state index in [4.69, 9.17) is 0 Å². The predicted octanol–water partition coefficient (Wildman–Crippen LogP) is 13.6. The number of nitrogens with zero attached hydrogens (tertiary/aromatic N) is 2. The number of urea groups is 2. The van der Waals surface area contributed by atoms with Crippen molar-refractivity contribution in [2.45, 2.75) is 188 Å². The number of anilines is 2. The monoisotopic (exact) mass is 819 g/mol. The molecule has 4 N–H and O–H groups in total. The van der Waals surface area contributed by atoms with Gasteiger partial charge >= 0.3 is 12.1 Å². The third-order valence-corrected chi connectivity index (χ3v) is 11.5. The molecule has 2 rings (SSSR count). The van der Waals surface area contributed by atoms with Gasteiger partial charge in [0.15, 0.2) is 0 Å². The van der Waals surface area contributed by atoms with E-state index < -0.39 is 0 Å². The summed E-state index contributed by atoms with van der Waals surface area (Å²) in [6, 6.07) is 15.8. The second kappa shape index (κ2) is 36.7. The molecular formula is C51H90N6O2. The van der Waals surface area contributed by atoms with E-state index in [2.05, 4.69) is 83.0 Å². The van der Waals surface area contributed by atoms with Crippen LogP contribution in [0.1, 0.15) is 193 Å². The number of amides is 4. The SMILES string of the molecule is CCCCCCCCN(CCCCCCC)CCCNC(=O)Nc1ccc(Cc2ccc(NC(=O)NCCCN(CCCCCCC)CCCCCCCC)cc2)cc1. The molecule has 0 heterocycles. The number of carbonyl (C=O) groups excluding carboxylic acids is 2. The third kappa shape index (κ3) is 28.9. The summed E-state index contributed by atoms with van der Waals surface area (Å²) in [4.78, 5) is 30.6. The van der Waals surface area contributed by atoms with Crippen molar-refractivity contribution >= 4 is 23.4 Å². The fraction of sp³-hybridized carbons (Fsp3) is 0.725. The molecule has 0 aliphatic heterocycles. The summed E-state index contributed by atoms with van der Waals surface area (Å²) in [5.74, 6) is 0. The average molecular weight is 819 g/mol. The average Bonchev–Trinajstić information content (AvgIpc) is 3.24. The van der Waals surface area contributed by atoms with E-state index in [1.807, 2.05) is 24.3 Å². The van der Waals surface area contributed by atoms with Gasteiger partial charge in [-0.15, -0.1) is 0 Å². The van der Waals surface area contributed by atoms with Crippen molar-refractivity contribution in [3.8, 4) is 0 Å². The van der Waals surface area contributed by atoms with E-state index in [0.29, 0.717) is 13.1 Å². The first-order valence-electron chi connectivity index (χ1n) is 24.7. The first-order chi connectivity index (χ1) is 29.0. The Morgan fingerprint density at radius 3 is 0.949 bits per heavy atom. The van der Waals surface area contributed by atoms with Gasteiger partial charge in [0.2, 0.25) is 0 Å². The normalized spacial score (nSPS) is 11.4. The van der Waals surface area contributed by atoms with E-state index in [1.54, 1.807) is 0 Å². The first kappa shape index (κ1) is 52.0. The van der Waals surface area contributed by atoms with Crippen molar-refractivity contribution in [2.24, 2.45) is 0 Å². The number of rotatable bonds is 38. The number of hydrogen-bond donors (Lipinski definition) is 4. The molecule has 4 amide bonds. The molecule has 59 heavy (non-hydrogen) atoms. The fourth-order valence-electron chi connectivity index (χ4n) is 7.79. The zero-order valence-electron chi connectivity index (χ0n) is 38.7. The second-order valence-corrected chi connectivity index (χ2v) is 17.1. The Labute approximate surface area is 363 Å². The molecule has 0 radical (unpaired) electrons. The van der Waals surface area contributed by atoms with E-state index in [0.717, 1.165) is 43.7 Å². The maximum atomic E-state index is 12.7. The van der Waals surface area contributed by atoms with Gasteiger partial charge in [0.1, 0.15) is 0 Å². The minimum absolute atomic E-state index is 0.148. The summed E-state index contributed by atoms with van der Waals surface area (Å²) in [5.41, 5.74) is 3.92. The molecule has 0 spiro atoms. The highest BCUT2D eigenvalue weighted by Gasteiger charge is 2.09. The topological polar surface area (TPSA) is 88.7 Å². The molecule has 8 heteroatoms. The Hall–Kier alpha value is -3.10. The molecular weight excluding hydrogens is 729 g/mol. The van der Waals surface area contributed by atoms with Gasteiger partial charge in [0, 0.05) is 24.5 Å². The summed E-state index contributed by atoms with van der Waals surface area (Å²) in [6.07, 6.45) is 31.8. The van der Waals surface area contributed by atoms with Crippen LogP contribution in [0.25, 0.3) is 0 Å². The lowest BCUT2D eigenvalue weighted by Crippen LogP contribution is -2.33. The highest BCUT2D eigenvalue weighted by molar-refractivity contribution is 5.89. The standard InChI is InChI=1S/C51H90N6O2/c1-5-9-13-17-21-25-41-56(39-23-19-15-11-7-3)43-27-37-52-50(58)54-48-33-29-46(30-34-48)45-47-31-35-49(36-32-47)55-51(59)53-38-28-44-57(40-24-20-16-12-8-4)42-26-22-18-14-10-6-2/h29-36H,5-28,37-45H2,1-4H3,(H2,52,54,58)(H2,53,55,59). The van der Waals surface area contributed by atoms with E-state index >= 15 is 0 Å². The molecule has 2 aromatic rings. The molecule has 0 saturated carbocycles. The Morgan fingerprint density at radius 1 is 0.373 bits per heavy atom. The minimum Gasteiger partial charge on any atom is -0.338 e. The van der Waals surface area contributed by atoms with Crippen LogP contribution < -0.4 is 21.3 Å². The van der Waals surface area contributed by atoms with Gasteiger partial charge in [-0.2, -0.15) is 0 Å². The largest absolute Gasteiger partial charge is 0.338 e. The quantitative estimate of drug-likeness (QED) is 0.0508. The van der Waals surface area contributed by atoms with Gasteiger partial charge in [0.05, 0.1) is 0 Å². The second-order valence-electron chi connectivity index (χ2n) is 17.1. The van der Waals surface area contributed by atoms with Crippen LogP contribution in [0.4, 0.5) is 21.0 Å². The van der Waals surface area contributed by atoms with Crippen LogP contribution in [0.3, 0.4) is 0 Å². The molecule has 8 nitrogen and oxygen atoms in total. The molecule has 336 valence electrons. The van der Waals surface area contributed by atoms with Crippen LogP contribution in [-0.2, 0) is 6.42 Å². The van der Waals surface area contributed by atoms with Crippen molar-refractivity contribution < 1.29 is 9.59 Å². The zero-order valence-corrected chi connectivity index (χ0v) is 38.7. The maximum Gasteiger partial charge on any atom is 0.319 e. The van der Waals surface area contributed by atoms with Crippen LogP contribution in [0.2, 0.25) is 0 Å². The molecule has 0 atom stereocenters. The number of nitrogens with one attached hydrogen (secondary N) is 4. The van der Waals surface area contributed by atoms with Crippen molar-refractivity contribution in [3.05, 3.63) is 59.7 Å². The van der Waals surface area contributed by atoms with Crippen molar-refractivity contribution in [3.63, 3.8) is 0 Å². The van der Waals surface area contributed by atoms with Crippen LogP contribution in [0.5, 0.6) is 0 Å². The lowest BCUT2D eigenvalue weighted by molar-refractivity contribution is 0.244. The van der Waals surface area contributed by atoms with Crippen molar-refractivity contribution in [1.29, 1.82) is 0 Å². The predicted molar refractivity (Wildman–Crippen MR) is 256 cm³/mol. The molecule has 0 aliphatic rings. The maximum absolute atomic E-state index is 12.7. The van der Waals surface area contributed by atoms with Gasteiger partial charge in [-0.3, -0.25) is 0 Å². The van der Waals surface area contributed by atoms with Gasteiger partial charge in [-0.1, -0.05) is 168 Å². The number of unbranched alkanes of at least 4 members (excludes halogenated alkanes) is 18. The molecule has 0 unspecified atom stereocenters. The Morgan fingerprint density at radius 2 is 0.644 bits per heavy atom. The van der Waals surface area contributed by atoms with Gasteiger partial charge in [-0.25, -0.2) is 9.59 Å². The van der Waals surface area contributed by atoms with Crippen molar-refractivity contribution in [2.75, 3.05) is 63.0 Å². The summed E-state index contributed by atoms with van der Waals surface area (Å²) in [5, 5.41) is 12.1. The Kier molecular flexibility index (Phi) is 32.4. The summed E-state index contributed by atoms with van der Waals surface area (Å²) in [6.45, 7) is 17.2. The molecule has 0 aliphatic carbocycles. The summed E-state index contributed by atoms with van der Waals surface area (Å²) < 4.78 is 0. The third-order valence-electron chi connectivity index (χ3n) is 11.5. The van der Waals surface area contributed by atoms with Gasteiger partial charge in [-0.05, 0) is 120 Å². The van der Waals surface area contributed by atoms with Crippen molar-refractivity contribution in [1.82, 2.24) is 20.4 Å². The number of hydrogen-bond acceptors (Lipinski definition) is 4. The van der Waals surface area contributed by atoms with E-state index in [9.17, 15) is 9.59 Å². The highest BCUT2D eigenvalue weighted by Crippen LogP contribution is 2.17. The lowest BCUT2D eigenvalue weighted by Gasteiger charge is -2.22. The highest BCUT2D eigenvalue weighted by atomic mass is 16.2. The molecule has 2 aromatic carbocycles.